The molecule has 0 saturated carbocycles. The number of carbonyl (C=O) groups excluding carboxylic acids is 2. The Balaban J connectivity index is 1.84. The molecule has 0 amide bonds. The van der Waals surface area contributed by atoms with Gasteiger partial charge in [0.25, 0.3) is 0 Å². The third-order valence-electron chi connectivity index (χ3n) is 7.17. The fraction of sp³-hybridized carbons (Fsp3) is 0.720. The Labute approximate surface area is 200 Å². The van der Waals surface area contributed by atoms with Crippen LogP contribution in [-0.4, -0.2) is 57.5 Å². The molecule has 2 aliphatic heterocycles. The van der Waals surface area contributed by atoms with E-state index in [0.29, 0.717) is 6.42 Å². The number of hydrogen-bond donors (Lipinski definition) is 2. The van der Waals surface area contributed by atoms with Crippen molar-refractivity contribution >= 4 is 29.2 Å². The molecule has 7 nitrogen and oxygen atoms in total. The number of aliphatic hydroxyl groups excluding tert-OH is 2. The van der Waals surface area contributed by atoms with E-state index >= 15 is 0 Å². The molecule has 0 unspecified atom stereocenters. The molecule has 2 fully saturated rings. The van der Waals surface area contributed by atoms with Crippen molar-refractivity contribution in [2.75, 3.05) is 0 Å². The molecule has 1 aromatic heterocycles. The maximum atomic E-state index is 13.1. The SMILES string of the molecule is C/C(=C\c1csc(C)n1)[C@@H]1C[C@H]2O[C@H]2CC[C@H](C)[C@H](O)[C@@H](C)C(=O)C(C)(C)[C@@H](O)CC(=O)O1. The van der Waals surface area contributed by atoms with Crippen LogP contribution in [0.5, 0.6) is 0 Å². The van der Waals surface area contributed by atoms with Gasteiger partial charge in [0.15, 0.2) is 0 Å². The number of hydrogen-bond acceptors (Lipinski definition) is 8. The van der Waals surface area contributed by atoms with Crippen LogP contribution in [0.1, 0.15) is 71.0 Å². The smallest absolute Gasteiger partial charge is 0.309 e. The number of ketones is 1. The molecule has 0 spiro atoms. The number of thiazole rings is 1. The number of aromatic nitrogens is 1. The topological polar surface area (TPSA) is 109 Å². The van der Waals surface area contributed by atoms with Crippen molar-refractivity contribution in [1.82, 2.24) is 4.98 Å². The van der Waals surface area contributed by atoms with Crippen LogP contribution in [0.4, 0.5) is 0 Å². The standard InChI is InChI=1S/C25H37NO6S/c1-13-7-8-18-20(31-18)10-19(14(2)9-17-12-33-16(4)26-17)32-22(28)11-21(27)25(5,6)24(30)15(3)23(13)29/h9,12-13,15,18-21,23,27,29H,7-8,10-11H2,1-6H3/b14-9+/t13-,15+,18-,19-,20+,21-,23-/m0/s1. The maximum Gasteiger partial charge on any atom is 0.309 e. The molecule has 0 bridgehead atoms. The van der Waals surface area contributed by atoms with Crippen molar-refractivity contribution in [3.05, 3.63) is 21.7 Å². The van der Waals surface area contributed by atoms with Gasteiger partial charge in [0.1, 0.15) is 11.9 Å². The summed E-state index contributed by atoms with van der Waals surface area (Å²) < 4.78 is 11.6. The first kappa shape index (κ1) is 26.0. The fourth-order valence-electron chi connectivity index (χ4n) is 4.57. The van der Waals surface area contributed by atoms with Crippen LogP contribution >= 0.6 is 11.3 Å². The van der Waals surface area contributed by atoms with Crippen molar-refractivity contribution in [2.24, 2.45) is 17.3 Å². The molecule has 1 aromatic rings. The highest BCUT2D eigenvalue weighted by Gasteiger charge is 2.45. The van der Waals surface area contributed by atoms with Crippen molar-refractivity contribution in [2.45, 2.75) is 97.7 Å². The molecule has 0 radical (unpaired) electrons. The van der Waals surface area contributed by atoms with E-state index in [9.17, 15) is 19.8 Å². The van der Waals surface area contributed by atoms with Crippen LogP contribution in [0.25, 0.3) is 6.08 Å². The molecule has 3 heterocycles. The van der Waals surface area contributed by atoms with Gasteiger partial charge in [-0.05, 0) is 44.3 Å². The summed E-state index contributed by atoms with van der Waals surface area (Å²) >= 11 is 1.55. The van der Waals surface area contributed by atoms with Crippen LogP contribution in [0.3, 0.4) is 0 Å². The van der Waals surface area contributed by atoms with E-state index < -0.39 is 35.6 Å². The Morgan fingerprint density at radius 3 is 2.55 bits per heavy atom. The number of epoxide rings is 1. The minimum atomic E-state index is -1.22. The second kappa shape index (κ2) is 10.3. The van der Waals surface area contributed by atoms with E-state index in [1.54, 1.807) is 32.1 Å². The normalized spacial score (nSPS) is 36.4. The largest absolute Gasteiger partial charge is 0.458 e. The first-order valence-corrected chi connectivity index (χ1v) is 12.6. The van der Waals surface area contributed by atoms with Crippen LogP contribution in [0.2, 0.25) is 0 Å². The number of aliphatic hydroxyl groups is 2. The molecule has 184 valence electrons. The third-order valence-corrected chi connectivity index (χ3v) is 7.96. The van der Waals surface area contributed by atoms with Gasteiger partial charge in [0.2, 0.25) is 0 Å². The zero-order valence-electron chi connectivity index (χ0n) is 20.4. The van der Waals surface area contributed by atoms with Gasteiger partial charge in [0, 0.05) is 17.7 Å². The van der Waals surface area contributed by atoms with E-state index in [1.807, 2.05) is 32.2 Å². The van der Waals surface area contributed by atoms with Gasteiger partial charge < -0.3 is 19.7 Å². The molecule has 2 saturated heterocycles. The number of fused-ring (bicyclic) bond motifs is 1. The molecule has 0 aliphatic carbocycles. The lowest BCUT2D eigenvalue weighted by Gasteiger charge is -2.34. The minimum absolute atomic E-state index is 0.0294. The summed E-state index contributed by atoms with van der Waals surface area (Å²) in [7, 11) is 0. The Kier molecular flexibility index (Phi) is 8.15. The number of nitrogens with zero attached hydrogens (tertiary/aromatic N) is 1. The number of rotatable bonds is 2. The van der Waals surface area contributed by atoms with Gasteiger partial charge in [-0.3, -0.25) is 9.59 Å². The number of Topliss-reactive ketones (excluding diaryl/α,β-unsaturated/α-hetero) is 1. The number of cyclic esters (lactones) is 1. The summed E-state index contributed by atoms with van der Waals surface area (Å²) in [4.78, 5) is 30.4. The molecule has 8 heteroatoms. The van der Waals surface area contributed by atoms with Gasteiger partial charge in [-0.15, -0.1) is 11.3 Å². The summed E-state index contributed by atoms with van der Waals surface area (Å²) in [5.74, 6) is -1.57. The monoisotopic (exact) mass is 479 g/mol. The molecular formula is C25H37NO6S. The predicted molar refractivity (Wildman–Crippen MR) is 127 cm³/mol. The molecule has 2 aliphatic rings. The average molecular weight is 480 g/mol. The van der Waals surface area contributed by atoms with Crippen LogP contribution in [0, 0.1) is 24.2 Å². The van der Waals surface area contributed by atoms with Crippen molar-refractivity contribution in [3.63, 3.8) is 0 Å². The lowest BCUT2D eigenvalue weighted by molar-refractivity contribution is -0.154. The number of ether oxygens (including phenoxy) is 2. The van der Waals surface area contributed by atoms with E-state index in [1.165, 1.54) is 0 Å². The van der Waals surface area contributed by atoms with Gasteiger partial charge in [0.05, 0.1) is 47.0 Å². The third kappa shape index (κ3) is 6.29. The number of carbonyl (C=O) groups is 2. The Hall–Kier alpha value is -1.61. The van der Waals surface area contributed by atoms with Crippen LogP contribution in [-0.2, 0) is 19.1 Å². The molecule has 0 aromatic carbocycles. The fourth-order valence-corrected chi connectivity index (χ4v) is 5.14. The van der Waals surface area contributed by atoms with Crippen molar-refractivity contribution in [1.29, 1.82) is 0 Å². The van der Waals surface area contributed by atoms with Crippen molar-refractivity contribution < 1.29 is 29.3 Å². The quantitative estimate of drug-likeness (QED) is 0.492. The van der Waals surface area contributed by atoms with Crippen LogP contribution < -0.4 is 0 Å². The first-order chi connectivity index (χ1) is 15.4. The first-order valence-electron chi connectivity index (χ1n) is 11.8. The highest BCUT2D eigenvalue weighted by Crippen LogP contribution is 2.37. The number of esters is 1. The molecule has 2 N–H and O–H groups in total. The number of aryl methyl sites for hydroxylation is 1. The summed E-state index contributed by atoms with van der Waals surface area (Å²) in [5, 5.41) is 24.5. The lowest BCUT2D eigenvalue weighted by Crippen LogP contribution is -2.45. The molecule has 3 rings (SSSR count). The summed E-state index contributed by atoms with van der Waals surface area (Å²) in [6.45, 7) is 10.7. The Morgan fingerprint density at radius 1 is 1.21 bits per heavy atom. The molecule has 7 atom stereocenters. The Morgan fingerprint density at radius 2 is 1.91 bits per heavy atom. The lowest BCUT2D eigenvalue weighted by atomic mass is 9.73. The summed E-state index contributed by atoms with van der Waals surface area (Å²) in [6.07, 6.45) is 1.10. The van der Waals surface area contributed by atoms with Crippen LogP contribution in [0.15, 0.2) is 11.0 Å². The van der Waals surface area contributed by atoms with E-state index in [4.69, 9.17) is 9.47 Å². The zero-order valence-corrected chi connectivity index (χ0v) is 21.2. The van der Waals surface area contributed by atoms with Gasteiger partial charge >= 0.3 is 5.97 Å². The maximum absolute atomic E-state index is 13.1. The summed E-state index contributed by atoms with van der Waals surface area (Å²) in [5.41, 5.74) is 0.483. The minimum Gasteiger partial charge on any atom is -0.458 e. The highest BCUT2D eigenvalue weighted by molar-refractivity contribution is 7.09. The second-order valence-corrected chi connectivity index (χ2v) is 11.3. The molecular weight excluding hydrogens is 442 g/mol. The van der Waals surface area contributed by atoms with Gasteiger partial charge in [-0.25, -0.2) is 4.98 Å². The van der Waals surface area contributed by atoms with Crippen molar-refractivity contribution in [3.8, 4) is 0 Å². The zero-order chi connectivity index (χ0) is 24.5. The van der Waals surface area contributed by atoms with E-state index in [-0.39, 0.29) is 30.3 Å². The predicted octanol–water partition coefficient (Wildman–Crippen LogP) is 3.70. The molecule has 33 heavy (non-hydrogen) atoms. The van der Waals surface area contributed by atoms with E-state index in [0.717, 1.165) is 29.1 Å². The van der Waals surface area contributed by atoms with Gasteiger partial charge in [-0.2, -0.15) is 0 Å². The second-order valence-electron chi connectivity index (χ2n) is 10.2. The summed E-state index contributed by atoms with van der Waals surface area (Å²) in [6, 6.07) is 0. The highest BCUT2D eigenvalue weighted by atomic mass is 32.1. The Bertz CT molecular complexity index is 893. The average Bonchev–Trinajstić information content (AvgIpc) is 3.37. The van der Waals surface area contributed by atoms with E-state index in [2.05, 4.69) is 4.98 Å². The van der Waals surface area contributed by atoms with Gasteiger partial charge in [-0.1, -0.05) is 27.7 Å².